The number of likely N-dealkylation sites (tertiary alicyclic amines) is 1. The van der Waals surface area contributed by atoms with Crippen molar-refractivity contribution >= 4 is 5.91 Å². The molecule has 1 aromatic rings. The van der Waals surface area contributed by atoms with Crippen molar-refractivity contribution in [1.82, 2.24) is 4.90 Å². The summed E-state index contributed by atoms with van der Waals surface area (Å²) in [4.78, 5) is 14.9. The molecule has 1 aliphatic heterocycles. The van der Waals surface area contributed by atoms with Crippen molar-refractivity contribution in [1.29, 1.82) is 0 Å². The van der Waals surface area contributed by atoms with E-state index in [4.69, 9.17) is 15.2 Å². The van der Waals surface area contributed by atoms with E-state index >= 15 is 0 Å². The topological polar surface area (TPSA) is 85.0 Å². The standard InChI is InChI=1S/C18H26N2O4/c1-23-15-5-2-4-14(17(15)24-9-3-8-19)18(22)20-10-12-6-7-13(11-20)16(12)21/h2,4-5,12-13,16,21H,3,6-11,19H2,1H3. The van der Waals surface area contributed by atoms with E-state index in [1.54, 1.807) is 25.3 Å². The Kier molecular flexibility index (Phi) is 5.26. The molecule has 6 heteroatoms. The minimum Gasteiger partial charge on any atom is -0.493 e. The van der Waals surface area contributed by atoms with E-state index in [-0.39, 0.29) is 23.8 Å². The maximum absolute atomic E-state index is 13.0. The SMILES string of the molecule is COc1cccc(C(=O)N2CC3CCC(C2)C3O)c1OCCCN. The molecule has 2 bridgehead atoms. The molecule has 1 amide bonds. The van der Waals surface area contributed by atoms with E-state index in [1.807, 2.05) is 4.90 Å². The van der Waals surface area contributed by atoms with Crippen molar-refractivity contribution in [3.63, 3.8) is 0 Å². The Bertz CT molecular complexity index is 578. The molecule has 6 nitrogen and oxygen atoms in total. The average Bonchev–Trinajstić information content (AvgIpc) is 2.82. The number of para-hydroxylation sites is 1. The molecule has 1 aromatic carbocycles. The molecule has 132 valence electrons. The van der Waals surface area contributed by atoms with Gasteiger partial charge in [0, 0.05) is 24.9 Å². The third-order valence-corrected chi connectivity index (χ3v) is 5.10. The van der Waals surface area contributed by atoms with Gasteiger partial charge in [-0.3, -0.25) is 4.79 Å². The maximum atomic E-state index is 13.0. The summed E-state index contributed by atoms with van der Waals surface area (Å²) < 4.78 is 11.2. The Morgan fingerprint density at radius 2 is 2.04 bits per heavy atom. The van der Waals surface area contributed by atoms with Crippen molar-refractivity contribution in [3.8, 4) is 11.5 Å². The lowest BCUT2D eigenvalue weighted by atomic mass is 9.94. The maximum Gasteiger partial charge on any atom is 0.257 e. The summed E-state index contributed by atoms with van der Waals surface area (Å²) in [6.07, 6.45) is 2.44. The third kappa shape index (κ3) is 3.21. The van der Waals surface area contributed by atoms with Crippen LogP contribution in [0, 0.1) is 11.8 Å². The van der Waals surface area contributed by atoms with Crippen LogP contribution >= 0.6 is 0 Å². The summed E-state index contributed by atoms with van der Waals surface area (Å²) in [5.41, 5.74) is 6.03. The number of nitrogens with zero attached hydrogens (tertiary/aromatic N) is 1. The highest BCUT2D eigenvalue weighted by molar-refractivity contribution is 5.98. The van der Waals surface area contributed by atoms with Gasteiger partial charge < -0.3 is 25.2 Å². The average molecular weight is 334 g/mol. The van der Waals surface area contributed by atoms with Crippen molar-refractivity contribution in [2.75, 3.05) is 33.4 Å². The van der Waals surface area contributed by atoms with E-state index < -0.39 is 0 Å². The fraction of sp³-hybridized carbons (Fsp3) is 0.611. The number of benzene rings is 1. The normalized spacial score (nSPS) is 25.6. The molecule has 2 atom stereocenters. The van der Waals surface area contributed by atoms with Crippen LogP contribution in [-0.4, -0.2) is 55.4 Å². The molecular formula is C18H26N2O4. The zero-order chi connectivity index (χ0) is 17.1. The van der Waals surface area contributed by atoms with Gasteiger partial charge in [0.2, 0.25) is 0 Å². The highest BCUT2D eigenvalue weighted by Gasteiger charge is 2.42. The first-order valence-electron chi connectivity index (χ1n) is 8.63. The summed E-state index contributed by atoms with van der Waals surface area (Å²) in [7, 11) is 1.57. The van der Waals surface area contributed by atoms with Crippen LogP contribution in [0.25, 0.3) is 0 Å². The van der Waals surface area contributed by atoms with Gasteiger partial charge in [0.15, 0.2) is 11.5 Å². The molecular weight excluding hydrogens is 308 g/mol. The number of rotatable bonds is 6. The predicted molar refractivity (Wildman–Crippen MR) is 90.3 cm³/mol. The molecule has 1 saturated carbocycles. The Balaban J connectivity index is 1.81. The number of ether oxygens (including phenoxy) is 2. The number of fused-ring (bicyclic) bond motifs is 2. The number of hydrogen-bond donors (Lipinski definition) is 2. The molecule has 24 heavy (non-hydrogen) atoms. The number of nitrogens with two attached hydrogens (primary N) is 1. The fourth-order valence-electron chi connectivity index (χ4n) is 3.78. The van der Waals surface area contributed by atoms with Gasteiger partial charge in [0.1, 0.15) is 0 Å². The van der Waals surface area contributed by atoms with E-state index in [1.165, 1.54) is 0 Å². The molecule has 0 spiro atoms. The van der Waals surface area contributed by atoms with Crippen LogP contribution in [0.5, 0.6) is 11.5 Å². The number of carbonyl (C=O) groups excluding carboxylic acids is 1. The molecule has 1 heterocycles. The third-order valence-electron chi connectivity index (χ3n) is 5.10. The fourth-order valence-corrected chi connectivity index (χ4v) is 3.78. The number of aliphatic hydroxyl groups excluding tert-OH is 1. The van der Waals surface area contributed by atoms with Crippen LogP contribution in [0.4, 0.5) is 0 Å². The molecule has 0 aromatic heterocycles. The van der Waals surface area contributed by atoms with Crippen molar-refractivity contribution in [2.45, 2.75) is 25.4 Å². The Morgan fingerprint density at radius 3 is 2.67 bits per heavy atom. The summed E-state index contributed by atoms with van der Waals surface area (Å²) in [6, 6.07) is 5.36. The van der Waals surface area contributed by atoms with Crippen molar-refractivity contribution < 1.29 is 19.4 Å². The van der Waals surface area contributed by atoms with Crippen LogP contribution in [-0.2, 0) is 0 Å². The van der Waals surface area contributed by atoms with Crippen LogP contribution in [0.1, 0.15) is 29.6 Å². The number of methoxy groups -OCH3 is 1. The van der Waals surface area contributed by atoms with Crippen LogP contribution in [0.15, 0.2) is 18.2 Å². The zero-order valence-corrected chi connectivity index (χ0v) is 14.1. The first kappa shape index (κ1) is 17.0. The molecule has 3 rings (SSSR count). The first-order valence-corrected chi connectivity index (χ1v) is 8.63. The van der Waals surface area contributed by atoms with Gasteiger partial charge in [0.25, 0.3) is 5.91 Å². The van der Waals surface area contributed by atoms with Crippen LogP contribution in [0.3, 0.4) is 0 Å². The summed E-state index contributed by atoms with van der Waals surface area (Å²) in [6.45, 7) is 2.19. The van der Waals surface area contributed by atoms with Crippen molar-refractivity contribution in [2.24, 2.45) is 17.6 Å². The smallest absolute Gasteiger partial charge is 0.257 e. The molecule has 1 aliphatic carbocycles. The Labute approximate surface area is 142 Å². The highest BCUT2D eigenvalue weighted by Crippen LogP contribution is 2.39. The van der Waals surface area contributed by atoms with Gasteiger partial charge >= 0.3 is 0 Å². The number of amides is 1. The first-order chi connectivity index (χ1) is 11.7. The molecule has 3 N–H and O–H groups in total. The lowest BCUT2D eigenvalue weighted by molar-refractivity contribution is 0.0164. The van der Waals surface area contributed by atoms with Gasteiger partial charge in [-0.25, -0.2) is 0 Å². The Morgan fingerprint density at radius 1 is 1.33 bits per heavy atom. The van der Waals surface area contributed by atoms with Gasteiger partial charge in [-0.05, 0) is 37.9 Å². The minimum absolute atomic E-state index is 0.0551. The second-order valence-electron chi connectivity index (χ2n) is 6.63. The van der Waals surface area contributed by atoms with E-state index in [2.05, 4.69) is 0 Å². The van der Waals surface area contributed by atoms with Gasteiger partial charge in [-0.15, -0.1) is 0 Å². The van der Waals surface area contributed by atoms with Crippen LogP contribution < -0.4 is 15.2 Å². The van der Waals surface area contributed by atoms with E-state index in [9.17, 15) is 9.90 Å². The van der Waals surface area contributed by atoms with Crippen LogP contribution in [0.2, 0.25) is 0 Å². The molecule has 0 radical (unpaired) electrons. The molecule has 2 aliphatic rings. The summed E-state index contributed by atoms with van der Waals surface area (Å²) >= 11 is 0. The monoisotopic (exact) mass is 334 g/mol. The second-order valence-corrected chi connectivity index (χ2v) is 6.63. The minimum atomic E-state index is -0.264. The summed E-state index contributed by atoms with van der Waals surface area (Å²) in [5, 5.41) is 10.2. The van der Waals surface area contributed by atoms with E-state index in [0.717, 1.165) is 12.8 Å². The summed E-state index contributed by atoms with van der Waals surface area (Å²) in [5.74, 6) is 1.37. The number of aliphatic hydroxyl groups is 1. The van der Waals surface area contributed by atoms with Gasteiger partial charge in [0.05, 0.1) is 25.4 Å². The largest absolute Gasteiger partial charge is 0.493 e. The lowest BCUT2D eigenvalue weighted by Gasteiger charge is -2.35. The molecule has 2 fully saturated rings. The second kappa shape index (κ2) is 7.40. The van der Waals surface area contributed by atoms with Gasteiger partial charge in [-0.2, -0.15) is 0 Å². The van der Waals surface area contributed by atoms with E-state index in [0.29, 0.717) is 49.7 Å². The number of piperidine rings is 1. The highest BCUT2D eigenvalue weighted by atomic mass is 16.5. The van der Waals surface area contributed by atoms with Crippen molar-refractivity contribution in [3.05, 3.63) is 23.8 Å². The lowest BCUT2D eigenvalue weighted by Crippen LogP contribution is -2.47. The number of hydrogen-bond acceptors (Lipinski definition) is 5. The molecule has 2 unspecified atom stereocenters. The zero-order valence-electron chi connectivity index (χ0n) is 14.1. The van der Waals surface area contributed by atoms with Gasteiger partial charge in [-0.1, -0.05) is 6.07 Å². The number of carbonyl (C=O) groups is 1. The predicted octanol–water partition coefficient (Wildman–Crippen LogP) is 1.27. The quantitative estimate of drug-likeness (QED) is 0.765. The molecule has 1 saturated heterocycles. The Hall–Kier alpha value is -1.79.